The summed E-state index contributed by atoms with van der Waals surface area (Å²) in [6.45, 7) is 2.46. The molecule has 3 heterocycles. The molecule has 122 valence electrons. The Morgan fingerprint density at radius 2 is 2.12 bits per heavy atom. The van der Waals surface area contributed by atoms with E-state index in [2.05, 4.69) is 4.98 Å². The first-order valence-electron chi connectivity index (χ1n) is 8.00. The average Bonchev–Trinajstić information content (AvgIpc) is 3.20. The molecule has 1 amide bonds. The lowest BCUT2D eigenvalue weighted by Gasteiger charge is -2.22. The number of pyridine rings is 1. The van der Waals surface area contributed by atoms with Crippen LogP contribution in [0.1, 0.15) is 39.9 Å². The average molecular weight is 339 g/mol. The topological polar surface area (TPSA) is 66.1 Å². The van der Waals surface area contributed by atoms with E-state index in [4.69, 9.17) is 4.98 Å². The number of H-pyrrole nitrogens is 1. The first kappa shape index (κ1) is 15.1. The minimum Gasteiger partial charge on any atom is -0.329 e. The number of aromatic amines is 1. The summed E-state index contributed by atoms with van der Waals surface area (Å²) in [6.07, 6.45) is 1.81. The van der Waals surface area contributed by atoms with Crippen molar-refractivity contribution in [3.05, 3.63) is 63.0 Å². The van der Waals surface area contributed by atoms with Gasteiger partial charge < -0.3 is 9.88 Å². The number of carbonyl (C=O) groups is 1. The van der Waals surface area contributed by atoms with E-state index in [-0.39, 0.29) is 23.1 Å². The first-order valence-corrected chi connectivity index (χ1v) is 8.81. The van der Waals surface area contributed by atoms with E-state index in [1.807, 2.05) is 24.3 Å². The molecule has 0 saturated carbocycles. The zero-order valence-electron chi connectivity index (χ0n) is 13.3. The molecule has 5 nitrogen and oxygen atoms in total. The molecule has 0 aliphatic carbocycles. The van der Waals surface area contributed by atoms with Crippen LogP contribution in [0.4, 0.5) is 0 Å². The molecule has 0 bridgehead atoms. The monoisotopic (exact) mass is 339 g/mol. The van der Waals surface area contributed by atoms with Crippen molar-refractivity contribution in [1.29, 1.82) is 0 Å². The highest BCUT2D eigenvalue weighted by molar-refractivity contribution is 7.18. The van der Waals surface area contributed by atoms with Crippen LogP contribution in [0.3, 0.4) is 0 Å². The third-order valence-corrected chi connectivity index (χ3v) is 5.53. The lowest BCUT2D eigenvalue weighted by Crippen LogP contribution is -2.34. The fourth-order valence-corrected chi connectivity index (χ4v) is 4.31. The van der Waals surface area contributed by atoms with E-state index in [9.17, 15) is 9.59 Å². The first-order chi connectivity index (χ1) is 11.6. The Hall–Kier alpha value is -2.47. The second-order valence-electron chi connectivity index (χ2n) is 6.06. The van der Waals surface area contributed by atoms with Crippen LogP contribution in [0.5, 0.6) is 0 Å². The molecule has 0 radical (unpaired) electrons. The van der Waals surface area contributed by atoms with Gasteiger partial charge in [0.1, 0.15) is 10.6 Å². The van der Waals surface area contributed by atoms with Crippen LogP contribution < -0.4 is 5.56 Å². The summed E-state index contributed by atoms with van der Waals surface area (Å²) in [7, 11) is 0. The van der Waals surface area contributed by atoms with Crippen molar-refractivity contribution >= 4 is 27.5 Å². The molecule has 1 fully saturated rings. The quantitative estimate of drug-likeness (QED) is 0.779. The van der Waals surface area contributed by atoms with Crippen LogP contribution in [0, 0.1) is 6.92 Å². The smallest absolute Gasteiger partial charge is 0.260 e. The van der Waals surface area contributed by atoms with Gasteiger partial charge >= 0.3 is 0 Å². The third kappa shape index (κ3) is 2.53. The number of aryl methyl sites for hydroxylation is 1. The number of carbonyl (C=O) groups excluding carboxylic acids is 1. The zero-order valence-corrected chi connectivity index (χ0v) is 14.1. The fraction of sp³-hybridized carbons (Fsp3) is 0.278. The predicted octanol–water partition coefficient (Wildman–Crippen LogP) is 3.27. The van der Waals surface area contributed by atoms with Crippen LogP contribution in [-0.2, 0) is 0 Å². The van der Waals surface area contributed by atoms with Gasteiger partial charge in [0, 0.05) is 12.2 Å². The van der Waals surface area contributed by atoms with Crippen molar-refractivity contribution in [2.75, 3.05) is 6.54 Å². The molecule has 1 aliphatic rings. The highest BCUT2D eigenvalue weighted by Gasteiger charge is 2.33. The number of likely N-dealkylation sites (tertiary alicyclic amines) is 1. The van der Waals surface area contributed by atoms with Gasteiger partial charge in [-0.3, -0.25) is 9.59 Å². The number of rotatable bonds is 2. The number of aromatic nitrogens is 2. The van der Waals surface area contributed by atoms with Crippen molar-refractivity contribution < 1.29 is 4.79 Å². The van der Waals surface area contributed by atoms with Crippen LogP contribution in [0.25, 0.3) is 10.2 Å². The molecule has 24 heavy (non-hydrogen) atoms. The fourth-order valence-electron chi connectivity index (χ4n) is 3.19. The van der Waals surface area contributed by atoms with Crippen molar-refractivity contribution in [3.63, 3.8) is 0 Å². The Bertz CT molecular complexity index is 943. The summed E-state index contributed by atoms with van der Waals surface area (Å²) in [4.78, 5) is 34.2. The van der Waals surface area contributed by atoms with Gasteiger partial charge in [0.2, 0.25) is 0 Å². The maximum absolute atomic E-state index is 12.9. The van der Waals surface area contributed by atoms with E-state index in [0.29, 0.717) is 6.54 Å². The summed E-state index contributed by atoms with van der Waals surface area (Å²) in [6, 6.07) is 11.3. The minimum absolute atomic E-state index is 0.0457. The maximum atomic E-state index is 12.9. The summed E-state index contributed by atoms with van der Waals surface area (Å²) in [5.74, 6) is -0.210. The minimum atomic E-state index is -0.324. The van der Waals surface area contributed by atoms with Gasteiger partial charge in [-0.05, 0) is 44.0 Å². The molecule has 1 N–H and O–H groups in total. The molecular weight excluding hydrogens is 322 g/mol. The van der Waals surface area contributed by atoms with Crippen LogP contribution in [0.2, 0.25) is 0 Å². The standard InChI is InChI=1S/C18H17N3O2S/c1-11-8-9-12(16(22)19-11)18(23)21-10-4-6-14(21)17-20-13-5-2-3-7-15(13)24-17/h2-3,5,7-9,14H,4,6,10H2,1H3,(H,19,22)/t14-/m0/s1. The van der Waals surface area contributed by atoms with E-state index in [1.165, 1.54) is 0 Å². The molecule has 1 saturated heterocycles. The van der Waals surface area contributed by atoms with E-state index in [0.717, 1.165) is 33.8 Å². The van der Waals surface area contributed by atoms with Gasteiger partial charge in [-0.1, -0.05) is 12.1 Å². The van der Waals surface area contributed by atoms with Crippen molar-refractivity contribution in [1.82, 2.24) is 14.9 Å². The third-order valence-electron chi connectivity index (χ3n) is 4.39. The Labute approximate surface area is 143 Å². The second-order valence-corrected chi connectivity index (χ2v) is 7.12. The number of thiazole rings is 1. The molecule has 3 aromatic rings. The molecule has 4 rings (SSSR count). The predicted molar refractivity (Wildman–Crippen MR) is 94.4 cm³/mol. The number of hydrogen-bond donors (Lipinski definition) is 1. The van der Waals surface area contributed by atoms with Gasteiger partial charge in [0.05, 0.1) is 16.3 Å². The van der Waals surface area contributed by atoms with Crippen LogP contribution in [0.15, 0.2) is 41.2 Å². The van der Waals surface area contributed by atoms with Gasteiger partial charge in [-0.25, -0.2) is 4.98 Å². The van der Waals surface area contributed by atoms with Gasteiger partial charge in [-0.2, -0.15) is 0 Å². The molecule has 0 spiro atoms. The Morgan fingerprint density at radius 1 is 1.29 bits per heavy atom. The number of benzene rings is 1. The molecule has 1 aromatic carbocycles. The van der Waals surface area contributed by atoms with Gasteiger partial charge in [-0.15, -0.1) is 11.3 Å². The highest BCUT2D eigenvalue weighted by Crippen LogP contribution is 2.36. The summed E-state index contributed by atoms with van der Waals surface area (Å²) < 4.78 is 1.12. The zero-order chi connectivity index (χ0) is 16.7. The lowest BCUT2D eigenvalue weighted by molar-refractivity contribution is 0.0733. The van der Waals surface area contributed by atoms with Crippen LogP contribution >= 0.6 is 11.3 Å². The summed E-state index contributed by atoms with van der Waals surface area (Å²) in [5.41, 5.74) is 1.59. The molecule has 1 atom stereocenters. The highest BCUT2D eigenvalue weighted by atomic mass is 32.1. The van der Waals surface area contributed by atoms with E-state index >= 15 is 0 Å². The summed E-state index contributed by atoms with van der Waals surface area (Å²) in [5, 5.41) is 0.950. The number of para-hydroxylation sites is 1. The SMILES string of the molecule is Cc1ccc(C(=O)N2CCC[C@H]2c2nc3ccccc3s2)c(=O)[nH]1. The molecule has 2 aromatic heterocycles. The maximum Gasteiger partial charge on any atom is 0.260 e. The molecule has 6 heteroatoms. The number of nitrogens with zero attached hydrogens (tertiary/aromatic N) is 2. The van der Waals surface area contributed by atoms with Crippen LogP contribution in [-0.4, -0.2) is 27.3 Å². The van der Waals surface area contributed by atoms with Crippen molar-refractivity contribution in [3.8, 4) is 0 Å². The molecule has 0 unspecified atom stereocenters. The molecular formula is C18H17N3O2S. The molecule has 1 aliphatic heterocycles. The number of fused-ring (bicyclic) bond motifs is 1. The Kier molecular flexibility index (Phi) is 3.69. The lowest BCUT2D eigenvalue weighted by atomic mass is 10.2. The van der Waals surface area contributed by atoms with E-state index < -0.39 is 0 Å². The Balaban J connectivity index is 1.69. The number of hydrogen-bond acceptors (Lipinski definition) is 4. The van der Waals surface area contributed by atoms with E-state index in [1.54, 1.807) is 35.3 Å². The van der Waals surface area contributed by atoms with Gasteiger partial charge in [0.25, 0.3) is 11.5 Å². The van der Waals surface area contributed by atoms with Gasteiger partial charge in [0.15, 0.2) is 0 Å². The number of nitrogens with one attached hydrogen (secondary N) is 1. The normalized spacial score (nSPS) is 17.5. The van der Waals surface area contributed by atoms with Crippen molar-refractivity contribution in [2.24, 2.45) is 0 Å². The second kappa shape index (κ2) is 5.87. The Morgan fingerprint density at radius 3 is 2.92 bits per heavy atom. The number of amides is 1. The largest absolute Gasteiger partial charge is 0.329 e. The van der Waals surface area contributed by atoms with Crippen molar-refractivity contribution in [2.45, 2.75) is 25.8 Å². The summed E-state index contributed by atoms with van der Waals surface area (Å²) >= 11 is 1.63.